The molecule has 0 amide bonds. The van der Waals surface area contributed by atoms with Gasteiger partial charge in [-0.25, -0.2) is 0 Å². The van der Waals surface area contributed by atoms with Gasteiger partial charge in [0.05, 0.1) is 13.2 Å². The summed E-state index contributed by atoms with van der Waals surface area (Å²) in [7, 11) is 1.64. The Hall–Kier alpha value is -1.52. The van der Waals surface area contributed by atoms with Crippen LogP contribution in [0, 0.1) is 0 Å². The molecule has 0 bridgehead atoms. The lowest BCUT2D eigenvalue weighted by atomic mass is 10.1. The summed E-state index contributed by atoms with van der Waals surface area (Å²) in [5.41, 5.74) is 1.89. The number of aliphatic hydroxyl groups excluding tert-OH is 1. The highest BCUT2D eigenvalue weighted by molar-refractivity contribution is 9.10. The van der Waals surface area contributed by atoms with Gasteiger partial charge >= 0.3 is 0 Å². The molecule has 2 aromatic rings. The molecule has 1 unspecified atom stereocenters. The summed E-state index contributed by atoms with van der Waals surface area (Å²) in [6, 6.07) is 13.2. The molecule has 2 rings (SSSR count). The lowest BCUT2D eigenvalue weighted by Crippen LogP contribution is -1.98. The molecular weight excluding hydrogens is 320 g/mol. The molecule has 0 saturated heterocycles. The van der Waals surface area contributed by atoms with Crippen molar-refractivity contribution in [3.05, 3.63) is 58.1 Å². The Morgan fingerprint density at radius 3 is 2.35 bits per heavy atom. The van der Waals surface area contributed by atoms with Crippen molar-refractivity contribution in [3.63, 3.8) is 0 Å². The SMILES string of the molecule is COc1ccc(Br)c(COc2ccc(C(C)O)cc2)c1. The summed E-state index contributed by atoms with van der Waals surface area (Å²) in [4.78, 5) is 0. The molecule has 4 heteroatoms. The van der Waals surface area contributed by atoms with Crippen LogP contribution in [0.2, 0.25) is 0 Å². The van der Waals surface area contributed by atoms with E-state index >= 15 is 0 Å². The van der Waals surface area contributed by atoms with Gasteiger partial charge in [0.15, 0.2) is 0 Å². The fraction of sp³-hybridized carbons (Fsp3) is 0.250. The third-order valence-electron chi connectivity index (χ3n) is 3.01. The first-order chi connectivity index (χ1) is 9.60. The van der Waals surface area contributed by atoms with Gasteiger partial charge in [-0.1, -0.05) is 28.1 Å². The first-order valence-corrected chi connectivity index (χ1v) is 7.12. The second kappa shape index (κ2) is 6.77. The number of methoxy groups -OCH3 is 1. The molecule has 0 aliphatic carbocycles. The predicted octanol–water partition coefficient (Wildman–Crippen LogP) is 4.09. The van der Waals surface area contributed by atoms with E-state index in [-0.39, 0.29) is 0 Å². The molecular formula is C16H17BrO3. The van der Waals surface area contributed by atoms with Gasteiger partial charge in [0.2, 0.25) is 0 Å². The Morgan fingerprint density at radius 1 is 1.10 bits per heavy atom. The van der Waals surface area contributed by atoms with Crippen LogP contribution in [-0.4, -0.2) is 12.2 Å². The van der Waals surface area contributed by atoms with E-state index in [0.717, 1.165) is 27.1 Å². The lowest BCUT2D eigenvalue weighted by molar-refractivity contribution is 0.199. The van der Waals surface area contributed by atoms with Gasteiger partial charge in [0.25, 0.3) is 0 Å². The number of aliphatic hydroxyl groups is 1. The van der Waals surface area contributed by atoms with Crippen molar-refractivity contribution in [2.75, 3.05) is 7.11 Å². The first-order valence-electron chi connectivity index (χ1n) is 6.33. The fourth-order valence-corrected chi connectivity index (χ4v) is 2.15. The van der Waals surface area contributed by atoms with E-state index in [9.17, 15) is 5.11 Å². The van der Waals surface area contributed by atoms with Gasteiger partial charge in [-0.2, -0.15) is 0 Å². The van der Waals surface area contributed by atoms with Crippen LogP contribution in [0.15, 0.2) is 46.9 Å². The highest BCUT2D eigenvalue weighted by atomic mass is 79.9. The fourth-order valence-electron chi connectivity index (χ4n) is 1.79. The smallest absolute Gasteiger partial charge is 0.119 e. The van der Waals surface area contributed by atoms with Crippen molar-refractivity contribution < 1.29 is 14.6 Å². The Morgan fingerprint density at radius 2 is 1.75 bits per heavy atom. The molecule has 0 fully saturated rings. The molecule has 1 atom stereocenters. The van der Waals surface area contributed by atoms with Crippen LogP contribution in [0.25, 0.3) is 0 Å². The topological polar surface area (TPSA) is 38.7 Å². The van der Waals surface area contributed by atoms with E-state index in [2.05, 4.69) is 15.9 Å². The molecule has 0 spiro atoms. The zero-order chi connectivity index (χ0) is 14.5. The van der Waals surface area contributed by atoms with Crippen molar-refractivity contribution in [2.24, 2.45) is 0 Å². The monoisotopic (exact) mass is 336 g/mol. The number of benzene rings is 2. The largest absolute Gasteiger partial charge is 0.497 e. The van der Waals surface area contributed by atoms with E-state index in [4.69, 9.17) is 9.47 Å². The van der Waals surface area contributed by atoms with Crippen LogP contribution in [0.4, 0.5) is 0 Å². The van der Waals surface area contributed by atoms with Crippen LogP contribution < -0.4 is 9.47 Å². The quantitative estimate of drug-likeness (QED) is 0.893. The maximum atomic E-state index is 9.46. The molecule has 0 heterocycles. The van der Waals surface area contributed by atoms with Crippen LogP contribution in [-0.2, 0) is 6.61 Å². The molecule has 0 saturated carbocycles. The summed E-state index contributed by atoms with van der Waals surface area (Å²) in [6.07, 6.45) is -0.462. The molecule has 106 valence electrons. The number of hydrogen-bond donors (Lipinski definition) is 1. The highest BCUT2D eigenvalue weighted by Crippen LogP contribution is 2.24. The van der Waals surface area contributed by atoms with Gasteiger partial charge < -0.3 is 14.6 Å². The average Bonchev–Trinajstić information content (AvgIpc) is 2.47. The van der Waals surface area contributed by atoms with Gasteiger partial charge in [0.1, 0.15) is 18.1 Å². The summed E-state index contributed by atoms with van der Waals surface area (Å²) in [6.45, 7) is 2.19. The van der Waals surface area contributed by atoms with E-state index in [1.807, 2.05) is 42.5 Å². The zero-order valence-corrected chi connectivity index (χ0v) is 13.1. The third kappa shape index (κ3) is 3.74. The molecule has 2 aromatic carbocycles. The predicted molar refractivity (Wildman–Crippen MR) is 82.1 cm³/mol. The Labute approximate surface area is 127 Å². The minimum Gasteiger partial charge on any atom is -0.497 e. The van der Waals surface area contributed by atoms with Crippen molar-refractivity contribution >= 4 is 15.9 Å². The van der Waals surface area contributed by atoms with E-state index in [1.165, 1.54) is 0 Å². The van der Waals surface area contributed by atoms with Gasteiger partial charge in [0, 0.05) is 10.0 Å². The Bertz CT molecular complexity index is 564. The van der Waals surface area contributed by atoms with Crippen molar-refractivity contribution in [1.82, 2.24) is 0 Å². The molecule has 20 heavy (non-hydrogen) atoms. The molecule has 1 N–H and O–H groups in total. The number of hydrogen-bond acceptors (Lipinski definition) is 3. The van der Waals surface area contributed by atoms with Gasteiger partial charge in [-0.3, -0.25) is 0 Å². The van der Waals surface area contributed by atoms with Crippen LogP contribution in [0.1, 0.15) is 24.2 Å². The number of rotatable bonds is 5. The van der Waals surface area contributed by atoms with Crippen molar-refractivity contribution in [2.45, 2.75) is 19.6 Å². The van der Waals surface area contributed by atoms with Crippen LogP contribution in [0.5, 0.6) is 11.5 Å². The Balaban J connectivity index is 2.04. The summed E-state index contributed by atoms with van der Waals surface area (Å²) < 4.78 is 11.9. The van der Waals surface area contributed by atoms with Gasteiger partial charge in [-0.05, 0) is 42.8 Å². The number of halogens is 1. The normalized spacial score (nSPS) is 12.0. The summed E-state index contributed by atoms with van der Waals surface area (Å²) in [5.74, 6) is 1.57. The van der Waals surface area contributed by atoms with E-state index in [0.29, 0.717) is 6.61 Å². The number of ether oxygens (including phenoxy) is 2. The molecule has 3 nitrogen and oxygen atoms in total. The van der Waals surface area contributed by atoms with Gasteiger partial charge in [-0.15, -0.1) is 0 Å². The zero-order valence-electron chi connectivity index (χ0n) is 11.5. The average molecular weight is 337 g/mol. The third-order valence-corrected chi connectivity index (χ3v) is 3.78. The summed E-state index contributed by atoms with van der Waals surface area (Å²) in [5, 5.41) is 9.46. The molecule has 0 aliphatic heterocycles. The summed E-state index contributed by atoms with van der Waals surface area (Å²) >= 11 is 3.50. The maximum absolute atomic E-state index is 9.46. The molecule has 0 aliphatic rings. The van der Waals surface area contributed by atoms with Crippen molar-refractivity contribution in [1.29, 1.82) is 0 Å². The highest BCUT2D eigenvalue weighted by Gasteiger charge is 2.04. The lowest BCUT2D eigenvalue weighted by Gasteiger charge is -2.10. The molecule has 0 radical (unpaired) electrons. The minimum absolute atomic E-state index is 0.450. The minimum atomic E-state index is -0.462. The Kier molecular flexibility index (Phi) is 5.04. The van der Waals surface area contributed by atoms with E-state index in [1.54, 1.807) is 14.0 Å². The van der Waals surface area contributed by atoms with Crippen molar-refractivity contribution in [3.8, 4) is 11.5 Å². The van der Waals surface area contributed by atoms with Crippen LogP contribution in [0.3, 0.4) is 0 Å². The first kappa shape index (κ1) is 14.9. The molecule has 0 aromatic heterocycles. The standard InChI is InChI=1S/C16H17BrO3/c1-11(18)12-3-5-14(6-4-12)20-10-13-9-15(19-2)7-8-16(13)17/h3-9,11,18H,10H2,1-2H3. The second-order valence-electron chi connectivity index (χ2n) is 4.49. The second-order valence-corrected chi connectivity index (χ2v) is 5.35. The van der Waals surface area contributed by atoms with E-state index < -0.39 is 6.10 Å². The van der Waals surface area contributed by atoms with Crippen LogP contribution >= 0.6 is 15.9 Å². The maximum Gasteiger partial charge on any atom is 0.119 e.